The van der Waals surface area contributed by atoms with Gasteiger partial charge in [-0.15, -0.1) is 0 Å². The lowest BCUT2D eigenvalue weighted by molar-refractivity contribution is 0.0163. The van der Waals surface area contributed by atoms with Crippen LogP contribution >= 0.6 is 0 Å². The summed E-state index contributed by atoms with van der Waals surface area (Å²) in [6.45, 7) is 3.44. The smallest absolute Gasteiger partial charge is 0.344 e. The molecule has 1 fully saturated rings. The molecule has 2 aromatic carbocycles. The zero-order valence-electron chi connectivity index (χ0n) is 17.4. The molecule has 7 heteroatoms. The number of nitrogens with zero attached hydrogens (tertiary/aromatic N) is 3. The van der Waals surface area contributed by atoms with Crippen molar-refractivity contribution in [2.24, 2.45) is 0 Å². The molecule has 1 saturated heterocycles. The van der Waals surface area contributed by atoms with E-state index in [0.29, 0.717) is 35.7 Å². The quantitative estimate of drug-likeness (QED) is 0.497. The maximum atomic E-state index is 13.0. The van der Waals surface area contributed by atoms with Crippen molar-refractivity contribution in [1.29, 1.82) is 0 Å². The number of anilines is 1. The van der Waals surface area contributed by atoms with Crippen molar-refractivity contribution >= 4 is 34.0 Å². The topological polar surface area (TPSA) is 92.3 Å². The molecule has 0 spiro atoms. The lowest BCUT2D eigenvalue weighted by Crippen LogP contribution is -2.18. The van der Waals surface area contributed by atoms with E-state index >= 15 is 0 Å². The summed E-state index contributed by atoms with van der Waals surface area (Å²) in [5, 5.41) is 0. The van der Waals surface area contributed by atoms with Crippen LogP contribution in [-0.2, 0) is 16.0 Å². The summed E-state index contributed by atoms with van der Waals surface area (Å²) in [7, 11) is 0. The lowest BCUT2D eigenvalue weighted by atomic mass is 10.1. The summed E-state index contributed by atoms with van der Waals surface area (Å²) in [4.78, 5) is 22.5. The van der Waals surface area contributed by atoms with Gasteiger partial charge in [0.15, 0.2) is 5.65 Å². The Bertz CT molecular complexity index is 1260. The molecule has 0 radical (unpaired) electrons. The average molecular weight is 416 g/mol. The van der Waals surface area contributed by atoms with Crippen LogP contribution in [0.3, 0.4) is 0 Å². The molecule has 0 saturated carbocycles. The predicted molar refractivity (Wildman–Crippen MR) is 119 cm³/mol. The maximum absolute atomic E-state index is 13.0. The normalized spacial score (nSPS) is 16.2. The molecular formula is C24H24N4O3. The van der Waals surface area contributed by atoms with E-state index in [1.165, 1.54) is 5.56 Å². The van der Waals surface area contributed by atoms with Crippen molar-refractivity contribution in [1.82, 2.24) is 14.5 Å². The van der Waals surface area contributed by atoms with Gasteiger partial charge in [-0.3, -0.25) is 0 Å². The van der Waals surface area contributed by atoms with Crippen LogP contribution in [0.1, 0.15) is 34.3 Å². The van der Waals surface area contributed by atoms with Gasteiger partial charge in [0.1, 0.15) is 23.5 Å². The van der Waals surface area contributed by atoms with Crippen LogP contribution in [0.15, 0.2) is 48.5 Å². The van der Waals surface area contributed by atoms with Gasteiger partial charge in [-0.2, -0.15) is 0 Å². The highest BCUT2D eigenvalue weighted by atomic mass is 16.6. The van der Waals surface area contributed by atoms with Crippen LogP contribution in [0.25, 0.3) is 22.2 Å². The molecule has 0 aliphatic carbocycles. The highest BCUT2D eigenvalue weighted by molar-refractivity contribution is 6.08. The molecule has 1 atom stereocenters. The third-order valence-corrected chi connectivity index (χ3v) is 5.68. The molecule has 31 heavy (non-hydrogen) atoms. The number of carbonyl (C=O) groups is 1. The second kappa shape index (κ2) is 8.00. The minimum absolute atomic E-state index is 0.0574. The Hall–Kier alpha value is -3.45. The molecule has 5 rings (SSSR count). The number of benzene rings is 2. The number of nitrogens with two attached hydrogens (primary N) is 1. The predicted octanol–water partition coefficient (Wildman–Crippen LogP) is 3.86. The molecule has 1 aliphatic rings. The van der Waals surface area contributed by atoms with Crippen LogP contribution in [-0.4, -0.2) is 39.8 Å². The van der Waals surface area contributed by atoms with Crippen LogP contribution in [0, 0.1) is 6.92 Å². The number of carbonyl (C=O) groups excluding carboxylic acids is 1. The van der Waals surface area contributed by atoms with Crippen molar-refractivity contribution in [2.45, 2.75) is 32.4 Å². The van der Waals surface area contributed by atoms with E-state index in [4.69, 9.17) is 25.2 Å². The van der Waals surface area contributed by atoms with Gasteiger partial charge in [-0.1, -0.05) is 42.0 Å². The summed E-state index contributed by atoms with van der Waals surface area (Å²) in [6.07, 6.45) is 1.82. The van der Waals surface area contributed by atoms with Crippen molar-refractivity contribution in [3.63, 3.8) is 0 Å². The fraction of sp³-hybridized carbons (Fsp3) is 0.292. The number of aromatic nitrogens is 3. The monoisotopic (exact) mass is 416 g/mol. The Kier molecular flexibility index (Phi) is 5.03. The van der Waals surface area contributed by atoms with Crippen LogP contribution in [0.5, 0.6) is 0 Å². The number of esters is 1. The maximum Gasteiger partial charge on any atom is 0.344 e. The fourth-order valence-corrected chi connectivity index (χ4v) is 3.97. The standard InChI is InChI=1S/C24H24N4O3/c1-15-8-10-16(11-9-15)13-28-22(25)20(24(29)31-14-17-5-4-12-30-17)21-23(28)27-19-7-3-2-6-18(19)26-21/h2-3,6-11,17H,4-5,12-14,25H2,1H3. The number of hydrogen-bond donors (Lipinski definition) is 1. The van der Waals surface area contributed by atoms with Gasteiger partial charge in [-0.05, 0) is 37.5 Å². The Balaban J connectivity index is 1.59. The lowest BCUT2D eigenvalue weighted by Gasteiger charge is -2.10. The van der Waals surface area contributed by atoms with E-state index < -0.39 is 5.97 Å². The molecule has 1 unspecified atom stereocenters. The second-order valence-corrected chi connectivity index (χ2v) is 7.95. The molecule has 2 N–H and O–H groups in total. The molecule has 0 amide bonds. The molecule has 158 valence electrons. The molecule has 1 aliphatic heterocycles. The minimum Gasteiger partial charge on any atom is -0.459 e. The minimum atomic E-state index is -0.495. The van der Waals surface area contributed by atoms with Crippen molar-refractivity contribution in [3.05, 3.63) is 65.2 Å². The number of hydrogen-bond acceptors (Lipinski definition) is 6. The molecule has 4 aromatic rings. The number of ether oxygens (including phenoxy) is 2. The third-order valence-electron chi connectivity index (χ3n) is 5.68. The van der Waals surface area contributed by atoms with Crippen molar-refractivity contribution in [3.8, 4) is 0 Å². The van der Waals surface area contributed by atoms with Gasteiger partial charge in [-0.25, -0.2) is 14.8 Å². The Morgan fingerprint density at radius 3 is 2.61 bits per heavy atom. The first kappa shape index (κ1) is 19.5. The molecular weight excluding hydrogens is 392 g/mol. The number of para-hydroxylation sites is 2. The van der Waals surface area contributed by atoms with Crippen LogP contribution in [0.4, 0.5) is 5.82 Å². The molecule has 3 heterocycles. The Morgan fingerprint density at radius 2 is 1.90 bits per heavy atom. The zero-order valence-corrected chi connectivity index (χ0v) is 17.4. The van der Waals surface area contributed by atoms with Crippen LogP contribution < -0.4 is 5.73 Å². The number of aryl methyl sites for hydroxylation is 1. The van der Waals surface area contributed by atoms with Crippen molar-refractivity contribution < 1.29 is 14.3 Å². The third kappa shape index (κ3) is 3.72. The second-order valence-electron chi connectivity index (χ2n) is 7.95. The Morgan fingerprint density at radius 1 is 1.16 bits per heavy atom. The average Bonchev–Trinajstić information content (AvgIpc) is 3.39. The van der Waals surface area contributed by atoms with Gasteiger partial charge < -0.3 is 19.8 Å². The summed E-state index contributed by atoms with van der Waals surface area (Å²) in [5.41, 5.74) is 11.5. The summed E-state index contributed by atoms with van der Waals surface area (Å²) in [5.74, 6) is -0.187. The van der Waals surface area contributed by atoms with Gasteiger partial charge in [0.05, 0.1) is 23.7 Å². The Labute approximate surface area is 179 Å². The van der Waals surface area contributed by atoms with E-state index in [9.17, 15) is 4.79 Å². The van der Waals surface area contributed by atoms with E-state index in [-0.39, 0.29) is 18.3 Å². The first-order chi connectivity index (χ1) is 15.1. The zero-order chi connectivity index (χ0) is 21.4. The van der Waals surface area contributed by atoms with Gasteiger partial charge in [0.25, 0.3) is 0 Å². The van der Waals surface area contributed by atoms with E-state index in [1.54, 1.807) is 0 Å². The summed E-state index contributed by atoms with van der Waals surface area (Å²) >= 11 is 0. The molecule has 2 aromatic heterocycles. The molecule has 0 bridgehead atoms. The van der Waals surface area contributed by atoms with Gasteiger partial charge >= 0.3 is 5.97 Å². The van der Waals surface area contributed by atoms with E-state index in [2.05, 4.69) is 12.1 Å². The van der Waals surface area contributed by atoms with Crippen LogP contribution in [0.2, 0.25) is 0 Å². The summed E-state index contributed by atoms with van der Waals surface area (Å²) in [6, 6.07) is 15.8. The van der Waals surface area contributed by atoms with E-state index in [1.807, 2.05) is 47.9 Å². The first-order valence-corrected chi connectivity index (χ1v) is 10.5. The summed E-state index contributed by atoms with van der Waals surface area (Å²) < 4.78 is 13.0. The van der Waals surface area contributed by atoms with Gasteiger partial charge in [0.2, 0.25) is 0 Å². The highest BCUT2D eigenvalue weighted by Gasteiger charge is 2.26. The SMILES string of the molecule is Cc1ccc(Cn2c(N)c(C(=O)OCC3CCCO3)c3nc4ccccc4nc32)cc1. The largest absolute Gasteiger partial charge is 0.459 e. The van der Waals surface area contributed by atoms with Gasteiger partial charge in [0, 0.05) is 6.61 Å². The highest BCUT2D eigenvalue weighted by Crippen LogP contribution is 2.29. The number of rotatable bonds is 5. The number of nitrogen functional groups attached to an aromatic ring is 1. The fourth-order valence-electron chi connectivity index (χ4n) is 3.97. The number of fused-ring (bicyclic) bond motifs is 2. The van der Waals surface area contributed by atoms with E-state index in [0.717, 1.165) is 23.9 Å². The first-order valence-electron chi connectivity index (χ1n) is 10.5. The van der Waals surface area contributed by atoms with Crippen molar-refractivity contribution in [2.75, 3.05) is 18.9 Å². The molecule has 7 nitrogen and oxygen atoms in total.